The summed E-state index contributed by atoms with van der Waals surface area (Å²) in [6.45, 7) is 7.91. The van der Waals surface area contributed by atoms with Crippen molar-refractivity contribution in [2.45, 2.75) is 27.7 Å². The number of aromatic nitrogens is 4. The van der Waals surface area contributed by atoms with Gasteiger partial charge >= 0.3 is 0 Å². The van der Waals surface area contributed by atoms with Crippen molar-refractivity contribution in [3.63, 3.8) is 0 Å². The van der Waals surface area contributed by atoms with Crippen molar-refractivity contribution in [2.24, 2.45) is 10.2 Å². The van der Waals surface area contributed by atoms with E-state index < -0.39 is 0 Å². The minimum absolute atomic E-state index is 0.688. The van der Waals surface area contributed by atoms with Crippen molar-refractivity contribution in [1.29, 1.82) is 0 Å². The zero-order valence-electron chi connectivity index (χ0n) is 11.8. The molecule has 8 nitrogen and oxygen atoms in total. The van der Waals surface area contributed by atoms with E-state index in [-0.39, 0.29) is 0 Å². The molecule has 0 saturated heterocycles. The minimum Gasteiger partial charge on any atom is -0.282 e. The fourth-order valence-electron chi connectivity index (χ4n) is 1.90. The molecule has 8 heteroatoms. The largest absolute Gasteiger partial charge is 0.282 e. The molecule has 0 bridgehead atoms. The summed E-state index contributed by atoms with van der Waals surface area (Å²) in [7, 11) is 0. The van der Waals surface area contributed by atoms with Crippen LogP contribution in [0.2, 0.25) is 0 Å². The highest BCUT2D eigenvalue weighted by Gasteiger charge is 2.18. The number of hydrazone groups is 2. The van der Waals surface area contributed by atoms with Crippen LogP contribution < -0.4 is 10.7 Å². The van der Waals surface area contributed by atoms with E-state index in [1.54, 1.807) is 6.21 Å². The van der Waals surface area contributed by atoms with Gasteiger partial charge in [-0.2, -0.15) is 25.9 Å². The van der Waals surface area contributed by atoms with Gasteiger partial charge in [0.05, 0.1) is 6.21 Å². The molecule has 3 rings (SSSR count). The molecule has 2 aromatic rings. The lowest BCUT2D eigenvalue weighted by atomic mass is 10.1. The summed E-state index contributed by atoms with van der Waals surface area (Å²) >= 11 is 0. The lowest BCUT2D eigenvalue weighted by Crippen LogP contribution is -2.35. The van der Waals surface area contributed by atoms with Crippen LogP contribution in [0.25, 0.3) is 0 Å². The van der Waals surface area contributed by atoms with Crippen LogP contribution in [0.1, 0.15) is 28.2 Å². The molecule has 0 aliphatic carbocycles. The Kier molecular flexibility index (Phi) is 2.78. The topological polar surface area (TPSA) is 97.4 Å². The van der Waals surface area contributed by atoms with Gasteiger partial charge in [0.15, 0.2) is 5.82 Å². The molecule has 0 saturated carbocycles. The molecule has 0 amide bonds. The van der Waals surface area contributed by atoms with Crippen LogP contribution >= 0.6 is 0 Å². The first kappa shape index (κ1) is 12.4. The first-order valence-electron chi connectivity index (χ1n) is 6.29. The van der Waals surface area contributed by atoms with Crippen LogP contribution in [-0.4, -0.2) is 32.3 Å². The van der Waals surface area contributed by atoms with Crippen LogP contribution in [0.3, 0.4) is 0 Å². The predicted octanol–water partition coefficient (Wildman–Crippen LogP) is 1.08. The fraction of sp³-hybridized carbons (Fsp3) is 0.333. The van der Waals surface area contributed by atoms with Crippen molar-refractivity contribution < 1.29 is 0 Å². The molecule has 1 aliphatic heterocycles. The molecule has 104 valence electrons. The molecular weight excluding hydrogens is 256 g/mol. The number of nitrogens with zero attached hydrogens (tertiary/aromatic N) is 5. The predicted molar refractivity (Wildman–Crippen MR) is 76.8 cm³/mol. The number of aromatic amines is 2. The first-order chi connectivity index (χ1) is 9.58. The minimum atomic E-state index is 0.688. The standard InChI is InChI=1S/C12H16N8/c1-6-8(3)14-17-11(6)10-5-13-20(19-16-10)12-7(2)9(4)15-18-12/h5,19H,1-4H3,(H,14,17)(H,15,18). The monoisotopic (exact) mass is 272 g/mol. The van der Waals surface area contributed by atoms with Crippen molar-refractivity contribution in [1.82, 2.24) is 25.9 Å². The van der Waals surface area contributed by atoms with E-state index in [1.807, 2.05) is 27.7 Å². The van der Waals surface area contributed by atoms with Gasteiger partial charge in [0.1, 0.15) is 11.4 Å². The Balaban J connectivity index is 1.84. The summed E-state index contributed by atoms with van der Waals surface area (Å²) in [5, 5.41) is 24.4. The molecule has 0 atom stereocenters. The summed E-state index contributed by atoms with van der Waals surface area (Å²) in [5.41, 5.74) is 8.47. The molecule has 3 N–H and O–H groups in total. The third kappa shape index (κ3) is 1.85. The molecule has 0 radical (unpaired) electrons. The Morgan fingerprint density at radius 1 is 0.950 bits per heavy atom. The zero-order valence-corrected chi connectivity index (χ0v) is 11.8. The Morgan fingerprint density at radius 3 is 2.15 bits per heavy atom. The Hall–Kier alpha value is -2.64. The second-order valence-electron chi connectivity index (χ2n) is 4.77. The molecule has 0 fully saturated rings. The number of hydrogen-bond donors (Lipinski definition) is 3. The molecule has 3 heterocycles. The summed E-state index contributed by atoms with van der Waals surface area (Å²) in [4.78, 5) is 0. The van der Waals surface area contributed by atoms with Crippen LogP contribution in [0.15, 0.2) is 10.2 Å². The van der Waals surface area contributed by atoms with Crippen molar-refractivity contribution in [3.05, 3.63) is 28.2 Å². The van der Waals surface area contributed by atoms with Crippen LogP contribution in [0, 0.1) is 27.7 Å². The molecular formula is C12H16N8. The number of H-pyrrole nitrogens is 2. The molecule has 1 aliphatic rings. The highest BCUT2D eigenvalue weighted by Crippen LogP contribution is 2.19. The maximum absolute atomic E-state index is 4.31. The lowest BCUT2D eigenvalue weighted by molar-refractivity contribution is 0.665. The van der Waals surface area contributed by atoms with E-state index in [4.69, 9.17) is 0 Å². The van der Waals surface area contributed by atoms with Crippen molar-refractivity contribution in [2.75, 3.05) is 5.12 Å². The maximum atomic E-state index is 4.31. The highest BCUT2D eigenvalue weighted by atomic mass is 15.8. The SMILES string of the molecule is Cc1[nH]nc(C2=NNN(c3n[nH]c(C)c3C)N=C2)c1C. The smallest absolute Gasteiger partial charge is 0.197 e. The van der Waals surface area contributed by atoms with Crippen molar-refractivity contribution in [3.8, 4) is 0 Å². The van der Waals surface area contributed by atoms with Crippen LogP contribution in [-0.2, 0) is 0 Å². The van der Waals surface area contributed by atoms with Gasteiger partial charge in [-0.1, -0.05) is 0 Å². The number of hydrogen-bond acceptors (Lipinski definition) is 6. The van der Waals surface area contributed by atoms with Gasteiger partial charge in [0.25, 0.3) is 0 Å². The van der Waals surface area contributed by atoms with Gasteiger partial charge in [0, 0.05) is 17.0 Å². The van der Waals surface area contributed by atoms with Crippen molar-refractivity contribution >= 4 is 17.7 Å². The van der Waals surface area contributed by atoms with Crippen LogP contribution in [0.4, 0.5) is 5.82 Å². The number of aryl methyl sites for hydroxylation is 2. The van der Waals surface area contributed by atoms with Crippen LogP contribution in [0.5, 0.6) is 0 Å². The van der Waals surface area contributed by atoms with E-state index in [1.165, 1.54) is 5.12 Å². The van der Waals surface area contributed by atoms with E-state index >= 15 is 0 Å². The summed E-state index contributed by atoms with van der Waals surface area (Å²) in [6, 6.07) is 0. The lowest BCUT2D eigenvalue weighted by Gasteiger charge is -2.19. The first-order valence-corrected chi connectivity index (χ1v) is 6.29. The summed E-state index contributed by atoms with van der Waals surface area (Å²) < 4.78 is 0. The molecule has 0 unspecified atom stereocenters. The van der Waals surface area contributed by atoms with E-state index in [0.717, 1.165) is 28.2 Å². The van der Waals surface area contributed by atoms with Gasteiger partial charge in [-0.25, -0.2) is 0 Å². The second-order valence-corrected chi connectivity index (χ2v) is 4.77. The quantitative estimate of drug-likeness (QED) is 0.762. The van der Waals surface area contributed by atoms with E-state index in [0.29, 0.717) is 11.5 Å². The Labute approximate surface area is 115 Å². The Morgan fingerprint density at radius 2 is 1.65 bits per heavy atom. The molecule has 0 spiro atoms. The molecule has 2 aromatic heterocycles. The molecule has 20 heavy (non-hydrogen) atoms. The average molecular weight is 272 g/mol. The summed E-state index contributed by atoms with van der Waals surface area (Å²) in [5.74, 6) is 0.705. The maximum Gasteiger partial charge on any atom is 0.197 e. The number of rotatable bonds is 2. The van der Waals surface area contributed by atoms with E-state index in [2.05, 4.69) is 36.1 Å². The highest BCUT2D eigenvalue weighted by molar-refractivity contribution is 6.38. The number of anilines is 1. The fourth-order valence-corrected chi connectivity index (χ4v) is 1.90. The summed E-state index contributed by atoms with van der Waals surface area (Å²) in [6.07, 6.45) is 1.67. The Bertz CT molecular complexity index is 705. The number of nitrogens with one attached hydrogen (secondary N) is 3. The third-order valence-electron chi connectivity index (χ3n) is 3.48. The van der Waals surface area contributed by atoms with Gasteiger partial charge in [-0.3, -0.25) is 10.2 Å². The average Bonchev–Trinajstić information content (AvgIpc) is 2.96. The zero-order chi connectivity index (χ0) is 14.3. The van der Waals surface area contributed by atoms with Gasteiger partial charge in [0.2, 0.25) is 0 Å². The van der Waals surface area contributed by atoms with Gasteiger partial charge < -0.3 is 0 Å². The van der Waals surface area contributed by atoms with Gasteiger partial charge in [-0.15, -0.1) is 5.12 Å². The molecule has 0 aromatic carbocycles. The van der Waals surface area contributed by atoms with Gasteiger partial charge in [-0.05, 0) is 33.3 Å². The van der Waals surface area contributed by atoms with E-state index in [9.17, 15) is 0 Å². The third-order valence-corrected chi connectivity index (χ3v) is 3.48. The second kappa shape index (κ2) is 4.48. The normalized spacial score (nSPS) is 14.4. The number of hydrazine groups is 1.